The maximum Gasteiger partial charge on any atom is 0.328 e. The maximum atomic E-state index is 11.9. The smallest absolute Gasteiger partial charge is 0.328 e. The molecule has 2 N–H and O–H groups in total. The molecule has 0 radical (unpaired) electrons. The van der Waals surface area contributed by atoms with Crippen LogP contribution >= 0.6 is 0 Å². The third kappa shape index (κ3) is 3.44. The van der Waals surface area contributed by atoms with Gasteiger partial charge in [0.1, 0.15) is 0 Å². The van der Waals surface area contributed by atoms with Gasteiger partial charge in [0.05, 0.1) is 19.3 Å². The molecule has 1 aromatic rings. The van der Waals surface area contributed by atoms with E-state index in [0.717, 1.165) is 12.8 Å². The van der Waals surface area contributed by atoms with E-state index in [4.69, 9.17) is 4.74 Å². The summed E-state index contributed by atoms with van der Waals surface area (Å²) in [6.07, 6.45) is 5.18. The van der Waals surface area contributed by atoms with Gasteiger partial charge in [0.25, 0.3) is 0 Å². The molecule has 1 unspecified atom stereocenters. The lowest BCUT2D eigenvalue weighted by atomic mass is 10.3. The highest BCUT2D eigenvalue weighted by Gasteiger charge is 2.25. The quantitative estimate of drug-likeness (QED) is 0.619. The Morgan fingerprint density at radius 2 is 2.33 bits per heavy atom. The fourth-order valence-electron chi connectivity index (χ4n) is 1.93. The van der Waals surface area contributed by atoms with Crippen LogP contribution in [0.4, 0.5) is 0 Å². The van der Waals surface area contributed by atoms with Crippen LogP contribution in [0.1, 0.15) is 18.9 Å². The number of hydrogen-bond donors (Lipinski definition) is 2. The predicted octanol–water partition coefficient (Wildman–Crippen LogP) is -0.418. The molecule has 1 atom stereocenters. The summed E-state index contributed by atoms with van der Waals surface area (Å²) >= 11 is 0. The van der Waals surface area contributed by atoms with Gasteiger partial charge >= 0.3 is 5.69 Å². The zero-order valence-electron chi connectivity index (χ0n) is 10.7. The molecule has 0 spiro atoms. The maximum absolute atomic E-state index is 11.9. The minimum Gasteiger partial charge on any atom is -0.390 e. The Morgan fingerprint density at radius 1 is 1.56 bits per heavy atom. The third-order valence-electron chi connectivity index (χ3n) is 3.08. The van der Waals surface area contributed by atoms with Gasteiger partial charge in [-0.25, -0.2) is 4.79 Å². The van der Waals surface area contributed by atoms with Crippen molar-refractivity contribution in [2.24, 2.45) is 0 Å². The monoisotopic (exact) mass is 255 g/mol. The van der Waals surface area contributed by atoms with Crippen LogP contribution in [0.3, 0.4) is 0 Å². The Kier molecular flexibility index (Phi) is 4.57. The van der Waals surface area contributed by atoms with Gasteiger partial charge in [-0.3, -0.25) is 9.13 Å². The largest absolute Gasteiger partial charge is 0.390 e. The van der Waals surface area contributed by atoms with Crippen LogP contribution in [0.25, 0.3) is 0 Å². The molecule has 0 amide bonds. The Bertz CT molecular complexity index is 422. The average Bonchev–Trinajstić information content (AvgIpc) is 3.13. The van der Waals surface area contributed by atoms with Crippen molar-refractivity contribution in [3.63, 3.8) is 0 Å². The number of aromatic nitrogens is 2. The van der Waals surface area contributed by atoms with Gasteiger partial charge in [-0.1, -0.05) is 0 Å². The molecule has 1 aliphatic rings. The Labute approximate surface area is 106 Å². The van der Waals surface area contributed by atoms with Gasteiger partial charge in [-0.2, -0.15) is 0 Å². The summed E-state index contributed by atoms with van der Waals surface area (Å²) in [6.45, 7) is 2.11. The average molecular weight is 255 g/mol. The number of aliphatic hydroxyl groups is 1. The molecule has 18 heavy (non-hydrogen) atoms. The molecule has 0 aliphatic heterocycles. The van der Waals surface area contributed by atoms with Crippen LogP contribution < -0.4 is 11.0 Å². The standard InChI is InChI=1S/C12H21N3O3/c1-18-7-4-13-8-11(16)9-14-5-6-15(12(14)17)10-2-3-10/h5-6,10-11,13,16H,2-4,7-9H2,1H3. The minimum atomic E-state index is -0.561. The minimum absolute atomic E-state index is 0.0200. The van der Waals surface area contributed by atoms with Crippen molar-refractivity contribution in [1.82, 2.24) is 14.5 Å². The lowest BCUT2D eigenvalue weighted by molar-refractivity contribution is 0.142. The fourth-order valence-corrected chi connectivity index (χ4v) is 1.93. The molecule has 2 rings (SSSR count). The van der Waals surface area contributed by atoms with Crippen LogP contribution in [0.5, 0.6) is 0 Å². The molecule has 1 heterocycles. The van der Waals surface area contributed by atoms with Gasteiger partial charge in [-0.05, 0) is 12.8 Å². The molecule has 1 aromatic heterocycles. The van der Waals surface area contributed by atoms with E-state index in [-0.39, 0.29) is 5.69 Å². The fraction of sp³-hybridized carbons (Fsp3) is 0.750. The Balaban J connectivity index is 1.79. The second-order valence-corrected chi connectivity index (χ2v) is 4.72. The predicted molar refractivity (Wildman–Crippen MR) is 67.7 cm³/mol. The van der Waals surface area contributed by atoms with Crippen LogP contribution in [0.15, 0.2) is 17.2 Å². The van der Waals surface area contributed by atoms with E-state index in [2.05, 4.69) is 5.32 Å². The van der Waals surface area contributed by atoms with Crippen molar-refractivity contribution in [2.45, 2.75) is 31.5 Å². The SMILES string of the molecule is COCCNCC(O)Cn1ccn(C2CC2)c1=O. The number of ether oxygens (including phenoxy) is 1. The van der Waals surface area contributed by atoms with Crippen LogP contribution in [-0.2, 0) is 11.3 Å². The van der Waals surface area contributed by atoms with Crippen molar-refractivity contribution < 1.29 is 9.84 Å². The second kappa shape index (κ2) is 6.17. The van der Waals surface area contributed by atoms with E-state index < -0.39 is 6.10 Å². The molecule has 1 aliphatic carbocycles. The number of imidazole rings is 1. The topological polar surface area (TPSA) is 68.4 Å². The van der Waals surface area contributed by atoms with Gasteiger partial charge in [0, 0.05) is 38.6 Å². The van der Waals surface area contributed by atoms with Crippen molar-refractivity contribution in [3.8, 4) is 0 Å². The van der Waals surface area contributed by atoms with E-state index in [0.29, 0.717) is 32.3 Å². The molecule has 1 saturated carbocycles. The van der Waals surface area contributed by atoms with Gasteiger partial charge in [-0.15, -0.1) is 0 Å². The summed E-state index contributed by atoms with van der Waals surface area (Å²) in [7, 11) is 1.64. The molecule has 1 fully saturated rings. The van der Waals surface area contributed by atoms with E-state index in [1.54, 1.807) is 22.4 Å². The first-order chi connectivity index (χ1) is 8.72. The first-order valence-corrected chi connectivity index (χ1v) is 6.37. The summed E-state index contributed by atoms with van der Waals surface area (Å²) in [5.74, 6) is 0. The summed E-state index contributed by atoms with van der Waals surface area (Å²) in [4.78, 5) is 11.9. The number of methoxy groups -OCH3 is 1. The molecule has 0 saturated heterocycles. The summed E-state index contributed by atoms with van der Waals surface area (Å²) in [5.41, 5.74) is -0.0200. The van der Waals surface area contributed by atoms with E-state index >= 15 is 0 Å². The number of rotatable bonds is 8. The second-order valence-electron chi connectivity index (χ2n) is 4.72. The summed E-state index contributed by atoms with van der Waals surface area (Å²) in [5, 5.41) is 12.9. The summed E-state index contributed by atoms with van der Waals surface area (Å²) in [6, 6.07) is 0.385. The van der Waals surface area contributed by atoms with Crippen molar-refractivity contribution in [2.75, 3.05) is 26.8 Å². The highest BCUT2D eigenvalue weighted by molar-refractivity contribution is 4.91. The van der Waals surface area contributed by atoms with Gasteiger partial charge in [0.15, 0.2) is 0 Å². The molecule has 6 nitrogen and oxygen atoms in total. The number of hydrogen-bond acceptors (Lipinski definition) is 4. The lowest BCUT2D eigenvalue weighted by Gasteiger charge is -2.11. The van der Waals surface area contributed by atoms with Gasteiger partial charge in [0.2, 0.25) is 0 Å². The molecular weight excluding hydrogens is 234 g/mol. The molecule has 102 valence electrons. The lowest BCUT2D eigenvalue weighted by Crippen LogP contribution is -2.35. The van der Waals surface area contributed by atoms with Crippen LogP contribution in [-0.4, -0.2) is 47.2 Å². The highest BCUT2D eigenvalue weighted by atomic mass is 16.5. The first-order valence-electron chi connectivity index (χ1n) is 6.37. The van der Waals surface area contributed by atoms with Crippen molar-refractivity contribution >= 4 is 0 Å². The Morgan fingerprint density at radius 3 is 3.00 bits per heavy atom. The van der Waals surface area contributed by atoms with Crippen molar-refractivity contribution in [3.05, 3.63) is 22.9 Å². The molecule has 0 bridgehead atoms. The number of aliphatic hydroxyl groups excluding tert-OH is 1. The van der Waals surface area contributed by atoms with Crippen LogP contribution in [0, 0.1) is 0 Å². The van der Waals surface area contributed by atoms with Gasteiger partial charge < -0.3 is 15.2 Å². The van der Waals surface area contributed by atoms with Crippen molar-refractivity contribution in [1.29, 1.82) is 0 Å². The molecule has 0 aromatic carbocycles. The molecular formula is C12H21N3O3. The highest BCUT2D eigenvalue weighted by Crippen LogP contribution is 2.33. The van der Waals surface area contributed by atoms with E-state index in [1.165, 1.54) is 0 Å². The third-order valence-corrected chi connectivity index (χ3v) is 3.08. The zero-order valence-corrected chi connectivity index (χ0v) is 10.7. The summed E-state index contributed by atoms with van der Waals surface area (Å²) < 4.78 is 8.22. The number of nitrogens with one attached hydrogen (secondary N) is 1. The number of nitrogens with zero attached hydrogens (tertiary/aromatic N) is 2. The normalized spacial score (nSPS) is 17.0. The van der Waals surface area contributed by atoms with E-state index in [1.807, 2.05) is 6.20 Å². The molecule has 6 heteroatoms. The van der Waals surface area contributed by atoms with E-state index in [9.17, 15) is 9.90 Å². The first kappa shape index (κ1) is 13.3. The Hall–Kier alpha value is -1.11. The zero-order chi connectivity index (χ0) is 13.0. The van der Waals surface area contributed by atoms with Crippen LogP contribution in [0.2, 0.25) is 0 Å².